The molecule has 0 bridgehead atoms. The van der Waals surface area contributed by atoms with Crippen molar-refractivity contribution in [2.24, 2.45) is 0 Å². The number of aromatic nitrogens is 2. The van der Waals surface area contributed by atoms with Crippen molar-refractivity contribution in [3.05, 3.63) is 59.7 Å². The highest BCUT2D eigenvalue weighted by Crippen LogP contribution is 2.16. The summed E-state index contributed by atoms with van der Waals surface area (Å²) < 4.78 is 26.8. The Labute approximate surface area is 132 Å². The molecular weight excluding hydrogens is 304 g/mol. The fourth-order valence-electron chi connectivity index (χ4n) is 2.21. The minimum atomic E-state index is -1.03. The maximum absolute atomic E-state index is 13.8. The largest absolute Gasteiger partial charge is 0.394 e. The van der Waals surface area contributed by atoms with E-state index in [4.69, 9.17) is 0 Å². The first-order chi connectivity index (χ1) is 11.1. The lowest BCUT2D eigenvalue weighted by Gasteiger charge is -2.29. The highest BCUT2D eigenvalue weighted by atomic mass is 19.1. The number of carbonyl (C=O) groups excluding carboxylic acids is 1. The molecule has 0 radical (unpaired) electrons. The molecule has 1 atom stereocenters. The summed E-state index contributed by atoms with van der Waals surface area (Å²) in [6.45, 7) is 1.68. The van der Waals surface area contributed by atoms with Crippen LogP contribution in [-0.4, -0.2) is 38.5 Å². The van der Waals surface area contributed by atoms with Crippen molar-refractivity contribution in [2.75, 3.05) is 6.61 Å². The van der Waals surface area contributed by atoms with Gasteiger partial charge in [-0.15, -0.1) is 0 Å². The third-order valence-corrected chi connectivity index (χ3v) is 3.47. The van der Waals surface area contributed by atoms with E-state index in [1.165, 1.54) is 4.90 Å². The first kappa shape index (κ1) is 17.0. The molecule has 0 aliphatic heterocycles. The molecular formula is C16H17F2N3O2. The van der Waals surface area contributed by atoms with E-state index in [-0.39, 0.29) is 13.2 Å². The van der Waals surface area contributed by atoms with Crippen molar-refractivity contribution in [2.45, 2.75) is 25.9 Å². The summed E-state index contributed by atoms with van der Waals surface area (Å²) in [6.07, 6.45) is 4.45. The minimum Gasteiger partial charge on any atom is -0.394 e. The van der Waals surface area contributed by atoms with Gasteiger partial charge in [0.25, 0.3) is 5.91 Å². The topological polar surface area (TPSA) is 66.3 Å². The lowest BCUT2D eigenvalue weighted by atomic mass is 10.1. The van der Waals surface area contributed by atoms with Gasteiger partial charge in [0, 0.05) is 25.0 Å². The van der Waals surface area contributed by atoms with Crippen molar-refractivity contribution in [3.63, 3.8) is 0 Å². The summed E-state index contributed by atoms with van der Waals surface area (Å²) in [5, 5.41) is 9.50. The van der Waals surface area contributed by atoms with Gasteiger partial charge in [0.05, 0.1) is 18.8 Å². The van der Waals surface area contributed by atoms with Gasteiger partial charge in [0.2, 0.25) is 0 Å². The Morgan fingerprint density at radius 3 is 2.74 bits per heavy atom. The third-order valence-electron chi connectivity index (χ3n) is 3.47. The van der Waals surface area contributed by atoms with Crippen molar-refractivity contribution < 1.29 is 18.7 Å². The SMILES string of the molecule is CCC(CO)N(Cc1cccnc1)C(=O)c1ncc(F)cc1F. The molecule has 0 saturated carbocycles. The summed E-state index contributed by atoms with van der Waals surface area (Å²) in [5.41, 5.74) is 0.262. The van der Waals surface area contributed by atoms with Gasteiger partial charge in [0.1, 0.15) is 5.82 Å². The smallest absolute Gasteiger partial charge is 0.276 e. The zero-order chi connectivity index (χ0) is 16.8. The van der Waals surface area contributed by atoms with E-state index < -0.39 is 29.3 Å². The first-order valence-corrected chi connectivity index (χ1v) is 7.18. The molecule has 1 unspecified atom stereocenters. The fraction of sp³-hybridized carbons (Fsp3) is 0.312. The van der Waals surface area contributed by atoms with E-state index >= 15 is 0 Å². The van der Waals surface area contributed by atoms with Gasteiger partial charge >= 0.3 is 0 Å². The second kappa shape index (κ2) is 7.73. The lowest BCUT2D eigenvalue weighted by molar-refractivity contribution is 0.0552. The molecule has 5 nitrogen and oxygen atoms in total. The number of aliphatic hydroxyl groups is 1. The number of nitrogens with zero attached hydrogens (tertiary/aromatic N) is 3. The molecule has 23 heavy (non-hydrogen) atoms. The van der Waals surface area contributed by atoms with Gasteiger partial charge < -0.3 is 10.0 Å². The monoisotopic (exact) mass is 321 g/mol. The van der Waals surface area contributed by atoms with Crippen LogP contribution in [0.4, 0.5) is 8.78 Å². The van der Waals surface area contributed by atoms with Crippen LogP contribution in [0.25, 0.3) is 0 Å². The van der Waals surface area contributed by atoms with Crippen LogP contribution in [0.3, 0.4) is 0 Å². The molecule has 0 aliphatic carbocycles. The van der Waals surface area contributed by atoms with E-state index in [9.17, 15) is 18.7 Å². The Morgan fingerprint density at radius 1 is 1.39 bits per heavy atom. The Morgan fingerprint density at radius 2 is 2.17 bits per heavy atom. The second-order valence-corrected chi connectivity index (χ2v) is 5.02. The molecule has 2 heterocycles. The zero-order valence-corrected chi connectivity index (χ0v) is 12.6. The van der Waals surface area contributed by atoms with Crippen LogP contribution in [0.2, 0.25) is 0 Å². The van der Waals surface area contributed by atoms with Crippen molar-refractivity contribution in [1.29, 1.82) is 0 Å². The summed E-state index contributed by atoms with van der Waals surface area (Å²) in [5.74, 6) is -2.58. The summed E-state index contributed by atoms with van der Waals surface area (Å²) >= 11 is 0. The molecule has 2 aromatic heterocycles. The number of carbonyl (C=O) groups is 1. The van der Waals surface area contributed by atoms with E-state index in [1.54, 1.807) is 31.5 Å². The van der Waals surface area contributed by atoms with Gasteiger partial charge in [-0.3, -0.25) is 9.78 Å². The Balaban J connectivity index is 2.34. The van der Waals surface area contributed by atoms with Crippen LogP contribution < -0.4 is 0 Å². The molecule has 0 aromatic carbocycles. The normalized spacial score (nSPS) is 12.0. The number of aliphatic hydroxyl groups excluding tert-OH is 1. The Bertz CT molecular complexity index is 664. The van der Waals surface area contributed by atoms with Gasteiger partial charge in [-0.1, -0.05) is 13.0 Å². The number of hydrogen-bond donors (Lipinski definition) is 1. The van der Waals surface area contributed by atoms with E-state index in [2.05, 4.69) is 9.97 Å². The molecule has 2 rings (SSSR count). The summed E-state index contributed by atoms with van der Waals surface area (Å²) in [7, 11) is 0. The van der Waals surface area contributed by atoms with Crippen molar-refractivity contribution in [3.8, 4) is 0 Å². The molecule has 0 fully saturated rings. The predicted molar refractivity (Wildman–Crippen MR) is 79.4 cm³/mol. The Hall–Kier alpha value is -2.41. The second-order valence-electron chi connectivity index (χ2n) is 5.02. The highest BCUT2D eigenvalue weighted by Gasteiger charge is 2.27. The summed E-state index contributed by atoms with van der Waals surface area (Å²) in [6, 6.07) is 3.59. The van der Waals surface area contributed by atoms with E-state index in [0.29, 0.717) is 12.5 Å². The molecule has 2 aromatic rings. The predicted octanol–water partition coefficient (Wildman–Crippen LogP) is 2.17. The van der Waals surface area contributed by atoms with Gasteiger partial charge in [-0.25, -0.2) is 13.8 Å². The maximum Gasteiger partial charge on any atom is 0.276 e. The molecule has 0 spiro atoms. The minimum absolute atomic E-state index is 0.143. The number of halogens is 2. The van der Waals surface area contributed by atoms with Crippen LogP contribution in [0, 0.1) is 11.6 Å². The van der Waals surface area contributed by atoms with Gasteiger partial charge in [-0.05, 0) is 18.1 Å². The molecule has 1 amide bonds. The van der Waals surface area contributed by atoms with Crippen LogP contribution >= 0.6 is 0 Å². The fourth-order valence-corrected chi connectivity index (χ4v) is 2.21. The first-order valence-electron chi connectivity index (χ1n) is 7.18. The number of rotatable bonds is 6. The van der Waals surface area contributed by atoms with Crippen LogP contribution in [-0.2, 0) is 6.54 Å². The van der Waals surface area contributed by atoms with Crippen molar-refractivity contribution in [1.82, 2.24) is 14.9 Å². The third kappa shape index (κ3) is 4.07. The lowest BCUT2D eigenvalue weighted by Crippen LogP contribution is -2.42. The standard InChI is InChI=1S/C16H17F2N3O2/c1-2-13(10-22)21(9-11-4-3-5-19-7-11)16(23)15-14(18)6-12(17)8-20-15/h3-8,13,22H,2,9-10H2,1H3. The average molecular weight is 321 g/mol. The number of amides is 1. The van der Waals surface area contributed by atoms with E-state index in [1.807, 2.05) is 0 Å². The van der Waals surface area contributed by atoms with Crippen molar-refractivity contribution >= 4 is 5.91 Å². The molecule has 0 saturated heterocycles. The van der Waals surface area contributed by atoms with E-state index in [0.717, 1.165) is 11.8 Å². The zero-order valence-electron chi connectivity index (χ0n) is 12.6. The maximum atomic E-state index is 13.8. The van der Waals surface area contributed by atoms with Gasteiger partial charge in [-0.2, -0.15) is 0 Å². The quantitative estimate of drug-likeness (QED) is 0.885. The number of hydrogen-bond acceptors (Lipinski definition) is 4. The molecule has 0 aliphatic rings. The van der Waals surface area contributed by atoms with Gasteiger partial charge in [0.15, 0.2) is 11.5 Å². The van der Waals surface area contributed by atoms with Crippen LogP contribution in [0.5, 0.6) is 0 Å². The average Bonchev–Trinajstić information content (AvgIpc) is 2.55. The molecule has 1 N–H and O–H groups in total. The van der Waals surface area contributed by atoms with Crippen LogP contribution in [0.1, 0.15) is 29.4 Å². The number of pyridine rings is 2. The molecule has 122 valence electrons. The Kier molecular flexibility index (Phi) is 5.70. The summed E-state index contributed by atoms with van der Waals surface area (Å²) in [4.78, 5) is 21.5. The highest BCUT2D eigenvalue weighted by molar-refractivity contribution is 5.92. The van der Waals surface area contributed by atoms with Crippen LogP contribution in [0.15, 0.2) is 36.8 Å². The molecule has 7 heteroatoms.